The summed E-state index contributed by atoms with van der Waals surface area (Å²) in [5, 5.41) is 7.16. The van der Waals surface area contributed by atoms with Crippen LogP contribution >= 0.6 is 0 Å². The standard InChI is InChI=1S/C19H25N3O/c1-23-18-10-6-5-9-17(18)22-14-13-21-19(15-22)20-12-11-16-7-3-2-4-8-16/h2-10,19-21H,11-15H2,1H3/t19-/m0/s1. The maximum atomic E-state index is 5.49. The van der Waals surface area contributed by atoms with Crippen molar-refractivity contribution in [3.05, 3.63) is 60.2 Å². The van der Waals surface area contributed by atoms with E-state index in [9.17, 15) is 0 Å². The zero-order chi connectivity index (χ0) is 15.9. The maximum absolute atomic E-state index is 5.49. The molecule has 1 aliphatic heterocycles. The summed E-state index contributed by atoms with van der Waals surface area (Å²) in [4.78, 5) is 2.38. The van der Waals surface area contributed by atoms with Crippen LogP contribution in [0, 0.1) is 0 Å². The smallest absolute Gasteiger partial charge is 0.142 e. The fourth-order valence-corrected chi connectivity index (χ4v) is 3.03. The summed E-state index contributed by atoms with van der Waals surface area (Å²) in [6.07, 6.45) is 1.35. The summed E-state index contributed by atoms with van der Waals surface area (Å²) in [7, 11) is 1.73. The van der Waals surface area contributed by atoms with E-state index >= 15 is 0 Å². The Labute approximate surface area is 138 Å². The first-order valence-corrected chi connectivity index (χ1v) is 8.25. The van der Waals surface area contributed by atoms with E-state index in [1.807, 2.05) is 12.1 Å². The lowest BCUT2D eigenvalue weighted by Gasteiger charge is -2.36. The molecule has 2 aromatic rings. The number of nitrogens with zero attached hydrogens (tertiary/aromatic N) is 1. The average Bonchev–Trinajstić information content (AvgIpc) is 2.63. The Kier molecular flexibility index (Phi) is 5.51. The normalized spacial score (nSPS) is 18.0. The van der Waals surface area contributed by atoms with Gasteiger partial charge >= 0.3 is 0 Å². The van der Waals surface area contributed by atoms with Crippen molar-refractivity contribution in [1.82, 2.24) is 10.6 Å². The van der Waals surface area contributed by atoms with E-state index in [-0.39, 0.29) is 0 Å². The van der Waals surface area contributed by atoms with E-state index in [4.69, 9.17) is 4.74 Å². The summed E-state index contributed by atoms with van der Waals surface area (Å²) in [6.45, 7) is 3.88. The Morgan fingerprint density at radius 3 is 2.74 bits per heavy atom. The van der Waals surface area contributed by atoms with Crippen molar-refractivity contribution in [3.8, 4) is 5.75 Å². The number of piperazine rings is 1. The van der Waals surface area contributed by atoms with Gasteiger partial charge in [-0.05, 0) is 24.1 Å². The van der Waals surface area contributed by atoms with Gasteiger partial charge in [0.25, 0.3) is 0 Å². The molecule has 0 spiro atoms. The van der Waals surface area contributed by atoms with Gasteiger partial charge in [-0.3, -0.25) is 5.32 Å². The quantitative estimate of drug-likeness (QED) is 0.858. The van der Waals surface area contributed by atoms with E-state index < -0.39 is 0 Å². The molecule has 122 valence electrons. The molecule has 1 atom stereocenters. The number of rotatable bonds is 6. The van der Waals surface area contributed by atoms with Gasteiger partial charge < -0.3 is 15.0 Å². The van der Waals surface area contributed by atoms with Gasteiger partial charge in [-0.25, -0.2) is 0 Å². The Bertz CT molecular complexity index is 603. The number of para-hydroxylation sites is 2. The zero-order valence-corrected chi connectivity index (χ0v) is 13.7. The number of hydrogen-bond donors (Lipinski definition) is 2. The minimum atomic E-state index is 0.303. The first-order chi connectivity index (χ1) is 11.4. The molecule has 1 saturated heterocycles. The van der Waals surface area contributed by atoms with Gasteiger partial charge in [0, 0.05) is 26.2 Å². The van der Waals surface area contributed by atoms with Crippen LogP contribution in [0.2, 0.25) is 0 Å². The molecule has 0 aliphatic carbocycles. The summed E-state index contributed by atoms with van der Waals surface area (Å²) < 4.78 is 5.49. The fraction of sp³-hybridized carbons (Fsp3) is 0.368. The minimum Gasteiger partial charge on any atom is -0.495 e. The van der Waals surface area contributed by atoms with Gasteiger partial charge in [0.05, 0.1) is 19.0 Å². The third-order valence-corrected chi connectivity index (χ3v) is 4.25. The van der Waals surface area contributed by atoms with Crippen LogP contribution in [-0.4, -0.2) is 39.5 Å². The van der Waals surface area contributed by atoms with Gasteiger partial charge in [-0.1, -0.05) is 42.5 Å². The van der Waals surface area contributed by atoms with Crippen molar-refractivity contribution in [2.24, 2.45) is 0 Å². The molecule has 1 heterocycles. The number of hydrogen-bond acceptors (Lipinski definition) is 4. The average molecular weight is 311 g/mol. The van der Waals surface area contributed by atoms with Gasteiger partial charge in [0.1, 0.15) is 5.75 Å². The van der Waals surface area contributed by atoms with Crippen LogP contribution in [0.1, 0.15) is 5.56 Å². The molecular formula is C19H25N3O. The second-order valence-corrected chi connectivity index (χ2v) is 5.81. The van der Waals surface area contributed by atoms with Crippen LogP contribution < -0.4 is 20.3 Å². The summed E-state index contributed by atoms with van der Waals surface area (Å²) in [6, 6.07) is 18.8. The van der Waals surface area contributed by atoms with Gasteiger partial charge in [0.2, 0.25) is 0 Å². The molecule has 2 N–H and O–H groups in total. The number of nitrogens with one attached hydrogen (secondary N) is 2. The molecular weight excluding hydrogens is 286 g/mol. The molecule has 4 heteroatoms. The van der Waals surface area contributed by atoms with Gasteiger partial charge in [-0.15, -0.1) is 0 Å². The Morgan fingerprint density at radius 1 is 1.13 bits per heavy atom. The van der Waals surface area contributed by atoms with Gasteiger partial charge in [0.15, 0.2) is 0 Å². The highest BCUT2D eigenvalue weighted by molar-refractivity contribution is 5.58. The minimum absolute atomic E-state index is 0.303. The summed E-state index contributed by atoms with van der Waals surface area (Å²) >= 11 is 0. The topological polar surface area (TPSA) is 36.5 Å². The third kappa shape index (κ3) is 4.24. The highest BCUT2D eigenvalue weighted by Crippen LogP contribution is 2.27. The number of methoxy groups -OCH3 is 1. The zero-order valence-electron chi connectivity index (χ0n) is 13.7. The van der Waals surface area contributed by atoms with Crippen LogP contribution in [0.5, 0.6) is 5.75 Å². The molecule has 0 bridgehead atoms. The molecule has 2 aromatic carbocycles. The molecule has 0 radical (unpaired) electrons. The Morgan fingerprint density at radius 2 is 1.91 bits per heavy atom. The second kappa shape index (κ2) is 7.99. The van der Waals surface area contributed by atoms with E-state index in [0.29, 0.717) is 6.17 Å². The van der Waals surface area contributed by atoms with Crippen molar-refractivity contribution in [2.75, 3.05) is 38.2 Å². The molecule has 1 aliphatic rings. The van der Waals surface area contributed by atoms with E-state index in [1.54, 1.807) is 7.11 Å². The van der Waals surface area contributed by atoms with Crippen LogP contribution in [0.4, 0.5) is 5.69 Å². The lowest BCUT2D eigenvalue weighted by molar-refractivity contribution is 0.382. The molecule has 0 unspecified atom stereocenters. The Hall–Kier alpha value is -2.04. The predicted octanol–water partition coefficient (Wildman–Crippen LogP) is 2.26. The van der Waals surface area contributed by atoms with E-state index in [1.165, 1.54) is 11.3 Å². The summed E-state index contributed by atoms with van der Waals surface area (Å²) in [5.74, 6) is 0.942. The predicted molar refractivity (Wildman–Crippen MR) is 95.1 cm³/mol. The number of ether oxygens (including phenoxy) is 1. The molecule has 23 heavy (non-hydrogen) atoms. The lowest BCUT2D eigenvalue weighted by Crippen LogP contribution is -2.57. The van der Waals surface area contributed by atoms with Crippen LogP contribution in [0.3, 0.4) is 0 Å². The highest BCUT2D eigenvalue weighted by atomic mass is 16.5. The Balaban J connectivity index is 1.54. The molecule has 4 nitrogen and oxygen atoms in total. The molecule has 1 fully saturated rings. The van der Waals surface area contributed by atoms with E-state index in [0.717, 1.165) is 38.3 Å². The van der Waals surface area contributed by atoms with Crippen molar-refractivity contribution in [3.63, 3.8) is 0 Å². The van der Waals surface area contributed by atoms with Crippen LogP contribution in [-0.2, 0) is 6.42 Å². The summed E-state index contributed by atoms with van der Waals surface area (Å²) in [5.41, 5.74) is 2.55. The van der Waals surface area contributed by atoms with Gasteiger partial charge in [-0.2, -0.15) is 0 Å². The van der Waals surface area contributed by atoms with Crippen molar-refractivity contribution in [1.29, 1.82) is 0 Å². The number of anilines is 1. The SMILES string of the molecule is COc1ccccc1N1CCN[C@H](NCCc2ccccc2)C1. The van der Waals surface area contributed by atoms with Crippen LogP contribution in [0.15, 0.2) is 54.6 Å². The lowest BCUT2D eigenvalue weighted by atomic mass is 10.1. The number of benzene rings is 2. The second-order valence-electron chi connectivity index (χ2n) is 5.81. The third-order valence-electron chi connectivity index (χ3n) is 4.25. The first-order valence-electron chi connectivity index (χ1n) is 8.25. The van der Waals surface area contributed by atoms with Crippen LogP contribution in [0.25, 0.3) is 0 Å². The highest BCUT2D eigenvalue weighted by Gasteiger charge is 2.20. The maximum Gasteiger partial charge on any atom is 0.142 e. The largest absolute Gasteiger partial charge is 0.495 e. The van der Waals surface area contributed by atoms with Crippen molar-refractivity contribution in [2.45, 2.75) is 12.6 Å². The fourth-order valence-electron chi connectivity index (χ4n) is 3.03. The molecule has 3 rings (SSSR count). The first kappa shape index (κ1) is 15.8. The monoisotopic (exact) mass is 311 g/mol. The molecule has 0 amide bonds. The molecule has 0 saturated carbocycles. The molecule has 0 aromatic heterocycles. The van der Waals surface area contributed by atoms with Crippen molar-refractivity contribution < 1.29 is 4.74 Å². The van der Waals surface area contributed by atoms with E-state index in [2.05, 4.69) is 58.0 Å². The van der Waals surface area contributed by atoms with Crippen molar-refractivity contribution >= 4 is 5.69 Å².